The highest BCUT2D eigenvalue weighted by molar-refractivity contribution is 5.96. The van der Waals surface area contributed by atoms with Crippen molar-refractivity contribution >= 4 is 17.3 Å². The van der Waals surface area contributed by atoms with E-state index in [-0.39, 0.29) is 5.56 Å². The van der Waals surface area contributed by atoms with E-state index in [4.69, 9.17) is 4.74 Å². The SMILES string of the molecule is COc1ccccc1N(C)c1ccc(C)cc1C(=O)O. The Bertz CT molecular complexity index is 637. The molecule has 0 saturated heterocycles. The molecule has 0 amide bonds. The topological polar surface area (TPSA) is 49.8 Å². The van der Waals surface area contributed by atoms with Crippen molar-refractivity contribution in [2.75, 3.05) is 19.1 Å². The van der Waals surface area contributed by atoms with Crippen molar-refractivity contribution in [3.63, 3.8) is 0 Å². The molecule has 0 fully saturated rings. The Labute approximate surface area is 118 Å². The first-order valence-corrected chi connectivity index (χ1v) is 6.25. The number of aryl methyl sites for hydroxylation is 1. The van der Waals surface area contributed by atoms with Gasteiger partial charge in [-0.05, 0) is 31.2 Å². The number of benzene rings is 2. The first-order valence-electron chi connectivity index (χ1n) is 6.25. The van der Waals surface area contributed by atoms with Gasteiger partial charge in [-0.1, -0.05) is 23.8 Å². The Hall–Kier alpha value is -2.49. The number of methoxy groups -OCH3 is 1. The van der Waals surface area contributed by atoms with Crippen LogP contribution in [0.15, 0.2) is 42.5 Å². The van der Waals surface area contributed by atoms with E-state index in [1.165, 1.54) is 0 Å². The molecule has 1 N–H and O–H groups in total. The minimum atomic E-state index is -0.939. The van der Waals surface area contributed by atoms with Crippen LogP contribution >= 0.6 is 0 Å². The molecule has 0 spiro atoms. The number of hydrogen-bond acceptors (Lipinski definition) is 3. The molecule has 0 saturated carbocycles. The van der Waals surface area contributed by atoms with Gasteiger partial charge in [0.05, 0.1) is 24.0 Å². The van der Waals surface area contributed by atoms with Crippen molar-refractivity contribution in [2.45, 2.75) is 6.92 Å². The quantitative estimate of drug-likeness (QED) is 0.925. The second-order valence-electron chi connectivity index (χ2n) is 4.56. The van der Waals surface area contributed by atoms with E-state index < -0.39 is 5.97 Å². The molecule has 0 heterocycles. The van der Waals surface area contributed by atoms with Gasteiger partial charge in [0, 0.05) is 7.05 Å². The summed E-state index contributed by atoms with van der Waals surface area (Å²) in [6, 6.07) is 12.9. The van der Waals surface area contributed by atoms with E-state index >= 15 is 0 Å². The van der Waals surface area contributed by atoms with Crippen LogP contribution in [-0.2, 0) is 0 Å². The molecule has 20 heavy (non-hydrogen) atoms. The maximum atomic E-state index is 11.4. The number of hydrogen-bond donors (Lipinski definition) is 1. The van der Waals surface area contributed by atoms with Crippen LogP contribution in [0.3, 0.4) is 0 Å². The van der Waals surface area contributed by atoms with E-state index in [0.29, 0.717) is 11.4 Å². The van der Waals surface area contributed by atoms with Gasteiger partial charge in [0.15, 0.2) is 0 Å². The van der Waals surface area contributed by atoms with Gasteiger partial charge in [-0.25, -0.2) is 4.79 Å². The lowest BCUT2D eigenvalue weighted by atomic mass is 10.1. The largest absolute Gasteiger partial charge is 0.495 e. The summed E-state index contributed by atoms with van der Waals surface area (Å²) < 4.78 is 5.32. The third-order valence-electron chi connectivity index (χ3n) is 3.19. The Morgan fingerprint density at radius 2 is 1.85 bits per heavy atom. The van der Waals surface area contributed by atoms with E-state index in [2.05, 4.69) is 0 Å². The second kappa shape index (κ2) is 5.65. The molecule has 0 unspecified atom stereocenters. The zero-order valence-corrected chi connectivity index (χ0v) is 11.8. The summed E-state index contributed by atoms with van der Waals surface area (Å²) >= 11 is 0. The fourth-order valence-corrected chi connectivity index (χ4v) is 2.15. The zero-order valence-electron chi connectivity index (χ0n) is 11.8. The number of rotatable bonds is 4. The summed E-state index contributed by atoms with van der Waals surface area (Å²) in [5.41, 5.74) is 2.65. The number of carbonyl (C=O) groups is 1. The third kappa shape index (κ3) is 2.59. The Morgan fingerprint density at radius 1 is 1.15 bits per heavy atom. The van der Waals surface area contributed by atoms with Crippen LogP contribution in [0.5, 0.6) is 5.75 Å². The van der Waals surface area contributed by atoms with Crippen molar-refractivity contribution < 1.29 is 14.6 Å². The normalized spacial score (nSPS) is 10.2. The first-order chi connectivity index (χ1) is 9.54. The number of aromatic carboxylic acids is 1. The van der Waals surface area contributed by atoms with Gasteiger partial charge in [-0.15, -0.1) is 0 Å². The number of nitrogens with zero attached hydrogens (tertiary/aromatic N) is 1. The standard InChI is InChI=1S/C16H17NO3/c1-11-8-9-13(12(10-11)16(18)19)17(2)14-6-4-5-7-15(14)20-3/h4-10H,1-3H3,(H,18,19). The first kappa shape index (κ1) is 13.9. The van der Waals surface area contributed by atoms with Crippen molar-refractivity contribution in [1.29, 1.82) is 0 Å². The molecule has 0 aliphatic heterocycles. The molecule has 4 heteroatoms. The van der Waals surface area contributed by atoms with Gasteiger partial charge in [0.2, 0.25) is 0 Å². The molecule has 104 valence electrons. The van der Waals surface area contributed by atoms with E-state index in [9.17, 15) is 9.90 Å². The van der Waals surface area contributed by atoms with Crippen LogP contribution in [0, 0.1) is 6.92 Å². The molecular weight excluding hydrogens is 254 g/mol. The van der Waals surface area contributed by atoms with Gasteiger partial charge in [-0.3, -0.25) is 0 Å². The maximum Gasteiger partial charge on any atom is 0.337 e. The van der Waals surface area contributed by atoms with Gasteiger partial charge >= 0.3 is 5.97 Å². The van der Waals surface area contributed by atoms with E-state index in [1.54, 1.807) is 13.2 Å². The molecule has 0 aliphatic rings. The van der Waals surface area contributed by atoms with Gasteiger partial charge < -0.3 is 14.7 Å². The summed E-state index contributed by atoms with van der Waals surface area (Å²) in [5.74, 6) is -0.239. The zero-order chi connectivity index (χ0) is 14.7. The van der Waals surface area contributed by atoms with Crippen LogP contribution in [0.25, 0.3) is 0 Å². The highest BCUT2D eigenvalue weighted by atomic mass is 16.5. The van der Waals surface area contributed by atoms with Crippen LogP contribution in [-0.4, -0.2) is 25.2 Å². The average molecular weight is 271 g/mol. The van der Waals surface area contributed by atoms with Crippen LogP contribution in [0.4, 0.5) is 11.4 Å². The Morgan fingerprint density at radius 3 is 2.50 bits per heavy atom. The summed E-state index contributed by atoms with van der Waals surface area (Å²) in [7, 11) is 3.43. The number of carboxylic acids is 1. The molecule has 2 aromatic rings. The number of anilines is 2. The van der Waals surface area contributed by atoms with E-state index in [0.717, 1.165) is 11.3 Å². The highest BCUT2D eigenvalue weighted by Gasteiger charge is 2.16. The summed E-state index contributed by atoms with van der Waals surface area (Å²) in [5, 5.41) is 9.35. The minimum Gasteiger partial charge on any atom is -0.495 e. The number of ether oxygens (including phenoxy) is 1. The fourth-order valence-electron chi connectivity index (χ4n) is 2.15. The van der Waals surface area contributed by atoms with Gasteiger partial charge in [0.1, 0.15) is 5.75 Å². The lowest BCUT2D eigenvalue weighted by molar-refractivity contribution is 0.0697. The number of carboxylic acid groups (broad SMARTS) is 1. The van der Waals surface area contributed by atoms with Crippen molar-refractivity contribution in [2.24, 2.45) is 0 Å². The van der Waals surface area contributed by atoms with Crippen LogP contribution < -0.4 is 9.64 Å². The predicted octanol–water partition coefficient (Wildman–Crippen LogP) is 3.47. The lowest BCUT2D eigenvalue weighted by Crippen LogP contribution is -2.15. The monoisotopic (exact) mass is 271 g/mol. The van der Waals surface area contributed by atoms with Crippen LogP contribution in [0.1, 0.15) is 15.9 Å². The maximum absolute atomic E-state index is 11.4. The third-order valence-corrected chi connectivity index (χ3v) is 3.19. The molecule has 0 aliphatic carbocycles. The molecule has 0 atom stereocenters. The predicted molar refractivity (Wildman–Crippen MR) is 79.2 cm³/mol. The summed E-state index contributed by atoms with van der Waals surface area (Å²) in [4.78, 5) is 13.2. The fraction of sp³-hybridized carbons (Fsp3) is 0.188. The highest BCUT2D eigenvalue weighted by Crippen LogP contribution is 2.34. The van der Waals surface area contributed by atoms with E-state index in [1.807, 2.05) is 55.3 Å². The molecule has 0 bridgehead atoms. The molecular formula is C16H17NO3. The lowest BCUT2D eigenvalue weighted by Gasteiger charge is -2.23. The summed E-state index contributed by atoms with van der Waals surface area (Å²) in [6.07, 6.45) is 0. The molecule has 2 rings (SSSR count). The smallest absolute Gasteiger partial charge is 0.337 e. The van der Waals surface area contributed by atoms with Gasteiger partial charge in [-0.2, -0.15) is 0 Å². The second-order valence-corrected chi connectivity index (χ2v) is 4.56. The van der Waals surface area contributed by atoms with Crippen molar-refractivity contribution in [3.8, 4) is 5.75 Å². The van der Waals surface area contributed by atoms with Crippen molar-refractivity contribution in [3.05, 3.63) is 53.6 Å². The van der Waals surface area contributed by atoms with Gasteiger partial charge in [0.25, 0.3) is 0 Å². The van der Waals surface area contributed by atoms with Crippen molar-refractivity contribution in [1.82, 2.24) is 0 Å². The Balaban J connectivity index is 2.53. The Kier molecular flexibility index (Phi) is 3.94. The average Bonchev–Trinajstić information content (AvgIpc) is 2.46. The van der Waals surface area contributed by atoms with Crippen LogP contribution in [0.2, 0.25) is 0 Å². The summed E-state index contributed by atoms with van der Waals surface area (Å²) in [6.45, 7) is 1.87. The molecule has 0 aromatic heterocycles. The molecule has 2 aromatic carbocycles. The number of para-hydroxylation sites is 2. The molecule has 4 nitrogen and oxygen atoms in total. The molecule has 0 radical (unpaired) electrons. The minimum absolute atomic E-state index is 0.276.